The predicted octanol–water partition coefficient (Wildman–Crippen LogP) is 2.09. The topological polar surface area (TPSA) is 66.0 Å². The van der Waals surface area contributed by atoms with Gasteiger partial charge in [-0.05, 0) is 20.3 Å². The molecule has 0 unspecified atom stereocenters. The molecule has 3 rings (SSSR count). The average Bonchev–Trinajstić information content (AvgIpc) is 3.09. The molecule has 6 nitrogen and oxygen atoms in total. The molecule has 19 heavy (non-hydrogen) atoms. The van der Waals surface area contributed by atoms with Crippen LogP contribution in [0.4, 0.5) is 0 Å². The predicted molar refractivity (Wildman–Crippen MR) is 68.3 cm³/mol. The average molecular weight is 283 g/mol. The quantitative estimate of drug-likeness (QED) is 0.862. The summed E-state index contributed by atoms with van der Waals surface area (Å²) in [6, 6.07) is 0. The number of hydrogen-bond acceptors (Lipinski definition) is 5. The Hall–Kier alpha value is -1.40. The van der Waals surface area contributed by atoms with Gasteiger partial charge < -0.3 is 9.26 Å². The Labute approximate surface area is 115 Å². The molecule has 102 valence electrons. The van der Waals surface area contributed by atoms with Crippen molar-refractivity contribution in [1.29, 1.82) is 0 Å². The summed E-state index contributed by atoms with van der Waals surface area (Å²) in [6.45, 7) is 5.68. The number of ether oxygens (including phenoxy) is 1. The summed E-state index contributed by atoms with van der Waals surface area (Å²) in [6.07, 6.45) is 0.949. The van der Waals surface area contributed by atoms with Crippen molar-refractivity contribution in [2.24, 2.45) is 0 Å². The molecule has 7 heteroatoms. The second kappa shape index (κ2) is 4.94. The Morgan fingerprint density at radius 1 is 1.42 bits per heavy atom. The van der Waals surface area contributed by atoms with E-state index in [9.17, 15) is 0 Å². The summed E-state index contributed by atoms with van der Waals surface area (Å²) in [5.74, 6) is 1.52. The number of halogens is 1. The van der Waals surface area contributed by atoms with Gasteiger partial charge in [-0.2, -0.15) is 10.1 Å². The molecule has 2 aromatic heterocycles. The van der Waals surface area contributed by atoms with E-state index in [4.69, 9.17) is 20.9 Å². The zero-order chi connectivity index (χ0) is 13.4. The van der Waals surface area contributed by atoms with Gasteiger partial charge in [-0.25, -0.2) is 0 Å². The van der Waals surface area contributed by atoms with Gasteiger partial charge in [-0.3, -0.25) is 4.68 Å². The molecule has 0 radical (unpaired) electrons. The normalized spacial score (nSPS) is 19.2. The fourth-order valence-corrected chi connectivity index (χ4v) is 2.33. The highest BCUT2D eigenvalue weighted by Gasteiger charge is 2.23. The minimum atomic E-state index is 0.251. The third kappa shape index (κ3) is 2.37. The Morgan fingerprint density at radius 2 is 2.26 bits per heavy atom. The Kier molecular flexibility index (Phi) is 3.28. The highest BCUT2D eigenvalue weighted by Crippen LogP contribution is 2.23. The molecule has 0 saturated carbocycles. The van der Waals surface area contributed by atoms with E-state index >= 15 is 0 Å². The van der Waals surface area contributed by atoms with Crippen molar-refractivity contribution in [1.82, 2.24) is 19.9 Å². The molecule has 1 aliphatic rings. The first-order valence-electron chi connectivity index (χ1n) is 6.25. The number of aromatic nitrogens is 4. The summed E-state index contributed by atoms with van der Waals surface area (Å²) in [5.41, 5.74) is 1.71. The van der Waals surface area contributed by atoms with E-state index in [1.54, 1.807) is 4.68 Å². The third-order valence-electron chi connectivity index (χ3n) is 3.36. The lowest BCUT2D eigenvalue weighted by Crippen LogP contribution is -2.05. The Bertz CT molecular complexity index is 587. The lowest BCUT2D eigenvalue weighted by atomic mass is 10.1. The minimum Gasteiger partial charge on any atom is -0.381 e. The van der Waals surface area contributed by atoms with Crippen LogP contribution in [-0.4, -0.2) is 33.1 Å². The molecule has 0 N–H and O–H groups in total. The zero-order valence-corrected chi connectivity index (χ0v) is 11.6. The molecule has 0 amide bonds. The molecule has 3 heterocycles. The van der Waals surface area contributed by atoms with E-state index in [0.717, 1.165) is 30.2 Å². The maximum atomic E-state index is 6.11. The molecule has 1 fully saturated rings. The molecule has 1 atom stereocenters. The number of hydrogen-bond donors (Lipinski definition) is 0. The van der Waals surface area contributed by atoms with Gasteiger partial charge >= 0.3 is 0 Å². The van der Waals surface area contributed by atoms with Crippen LogP contribution in [0.5, 0.6) is 0 Å². The van der Waals surface area contributed by atoms with E-state index < -0.39 is 0 Å². The van der Waals surface area contributed by atoms with Crippen molar-refractivity contribution >= 4 is 11.6 Å². The largest absolute Gasteiger partial charge is 0.381 e. The molecule has 0 bridgehead atoms. The minimum absolute atomic E-state index is 0.251. The molecule has 1 aliphatic heterocycles. The molecule has 0 aromatic carbocycles. The van der Waals surface area contributed by atoms with E-state index in [-0.39, 0.29) is 5.92 Å². The molecule has 0 aliphatic carbocycles. The Balaban J connectivity index is 1.78. The van der Waals surface area contributed by atoms with Crippen molar-refractivity contribution in [2.45, 2.75) is 32.7 Å². The first-order chi connectivity index (χ1) is 9.15. The smallest absolute Gasteiger partial charge is 0.248 e. The summed E-state index contributed by atoms with van der Waals surface area (Å²) in [7, 11) is 0. The van der Waals surface area contributed by atoms with Crippen molar-refractivity contribution in [3.05, 3.63) is 28.1 Å². The van der Waals surface area contributed by atoms with Crippen LogP contribution in [0.3, 0.4) is 0 Å². The molecular formula is C12H15ClN4O2. The molecule has 1 saturated heterocycles. The first kappa shape index (κ1) is 12.6. The number of nitrogens with zero attached hydrogens (tertiary/aromatic N) is 4. The summed E-state index contributed by atoms with van der Waals surface area (Å²) < 4.78 is 12.4. The van der Waals surface area contributed by atoms with Crippen molar-refractivity contribution in [2.75, 3.05) is 13.2 Å². The van der Waals surface area contributed by atoms with Crippen molar-refractivity contribution in [3.63, 3.8) is 0 Å². The lowest BCUT2D eigenvalue weighted by Gasteiger charge is -2.00. The maximum absolute atomic E-state index is 6.11. The van der Waals surface area contributed by atoms with Gasteiger partial charge in [0.25, 0.3) is 0 Å². The standard InChI is InChI=1S/C12H15ClN4O2/c1-7-11(13)8(2)17(15-7)5-10-14-12(16-19-10)9-3-4-18-6-9/h9H,3-6H2,1-2H3/t9-/m0/s1. The van der Waals surface area contributed by atoms with Crippen LogP contribution in [0, 0.1) is 13.8 Å². The number of rotatable bonds is 3. The van der Waals surface area contributed by atoms with E-state index in [1.165, 1.54) is 0 Å². The Morgan fingerprint density at radius 3 is 2.89 bits per heavy atom. The zero-order valence-electron chi connectivity index (χ0n) is 10.9. The van der Waals surface area contributed by atoms with Crippen LogP contribution in [0.15, 0.2) is 4.52 Å². The maximum Gasteiger partial charge on any atom is 0.248 e. The summed E-state index contributed by atoms with van der Waals surface area (Å²) >= 11 is 6.11. The van der Waals surface area contributed by atoms with Crippen LogP contribution in [0.1, 0.15) is 35.4 Å². The van der Waals surface area contributed by atoms with Crippen molar-refractivity contribution < 1.29 is 9.26 Å². The second-order valence-electron chi connectivity index (χ2n) is 4.75. The summed E-state index contributed by atoms with van der Waals surface area (Å²) in [4.78, 5) is 4.41. The van der Waals surface area contributed by atoms with Crippen LogP contribution < -0.4 is 0 Å². The van der Waals surface area contributed by atoms with Gasteiger partial charge in [0.15, 0.2) is 5.82 Å². The highest BCUT2D eigenvalue weighted by atomic mass is 35.5. The van der Waals surface area contributed by atoms with Gasteiger partial charge in [0, 0.05) is 12.5 Å². The second-order valence-corrected chi connectivity index (χ2v) is 5.13. The fourth-order valence-electron chi connectivity index (χ4n) is 2.19. The van der Waals surface area contributed by atoms with Crippen LogP contribution in [-0.2, 0) is 11.3 Å². The number of aryl methyl sites for hydroxylation is 1. The summed E-state index contributed by atoms with van der Waals surface area (Å²) in [5, 5.41) is 9.04. The van der Waals surface area contributed by atoms with Crippen LogP contribution in [0.25, 0.3) is 0 Å². The van der Waals surface area contributed by atoms with Crippen LogP contribution in [0.2, 0.25) is 5.02 Å². The van der Waals surface area contributed by atoms with E-state index in [1.807, 2.05) is 13.8 Å². The van der Waals surface area contributed by atoms with Gasteiger partial charge in [0.05, 0.1) is 23.0 Å². The van der Waals surface area contributed by atoms with Crippen LogP contribution >= 0.6 is 11.6 Å². The molecular weight excluding hydrogens is 268 g/mol. The SMILES string of the molecule is Cc1nn(Cc2nc([C@H]3CCOC3)no2)c(C)c1Cl. The highest BCUT2D eigenvalue weighted by molar-refractivity contribution is 6.31. The van der Waals surface area contributed by atoms with Gasteiger partial charge in [0.1, 0.15) is 6.54 Å². The molecule has 2 aromatic rings. The van der Waals surface area contributed by atoms with Gasteiger partial charge in [0.2, 0.25) is 5.89 Å². The third-order valence-corrected chi connectivity index (χ3v) is 3.90. The van der Waals surface area contributed by atoms with E-state index in [0.29, 0.717) is 24.1 Å². The first-order valence-corrected chi connectivity index (χ1v) is 6.62. The molecule has 0 spiro atoms. The monoisotopic (exact) mass is 282 g/mol. The van der Waals surface area contributed by atoms with Gasteiger partial charge in [-0.15, -0.1) is 0 Å². The van der Waals surface area contributed by atoms with Crippen molar-refractivity contribution in [3.8, 4) is 0 Å². The fraction of sp³-hybridized carbons (Fsp3) is 0.583. The lowest BCUT2D eigenvalue weighted by molar-refractivity contribution is 0.192. The van der Waals surface area contributed by atoms with E-state index in [2.05, 4.69) is 15.2 Å². The van der Waals surface area contributed by atoms with Gasteiger partial charge in [-0.1, -0.05) is 16.8 Å².